The SMILES string of the molecule is C=CCCCN(C[C@H](NC(=O)OC(C)(C)C)C(=O)N1C[C@H](O[Si](C)(C)C(C)(C)C)C[C@H]1C(=O)N[C@]1(C(=O)OCC)C[C@H]1C=C)C1CC1. The molecule has 0 aromatic heterocycles. The van der Waals surface area contributed by atoms with Crippen LogP contribution in [0.15, 0.2) is 25.3 Å². The van der Waals surface area contributed by atoms with Gasteiger partial charge in [0, 0.05) is 31.5 Å². The van der Waals surface area contributed by atoms with Crippen LogP contribution in [0.5, 0.6) is 0 Å². The highest BCUT2D eigenvalue weighted by molar-refractivity contribution is 6.74. The van der Waals surface area contributed by atoms with E-state index in [4.69, 9.17) is 13.9 Å². The van der Waals surface area contributed by atoms with Gasteiger partial charge in [-0.05, 0) is 84.5 Å². The number of carbonyl (C=O) groups is 4. The van der Waals surface area contributed by atoms with Crippen molar-refractivity contribution in [2.75, 3.05) is 26.2 Å². The van der Waals surface area contributed by atoms with E-state index in [2.05, 4.69) is 62.6 Å². The summed E-state index contributed by atoms with van der Waals surface area (Å²) in [7, 11) is -2.27. The Balaban J connectivity index is 1.94. The number of allylic oxidation sites excluding steroid dienone is 1. The Kier molecular flexibility index (Phi) is 12.6. The minimum atomic E-state index is -2.27. The van der Waals surface area contributed by atoms with Gasteiger partial charge in [0.1, 0.15) is 23.2 Å². The highest BCUT2D eigenvalue weighted by atomic mass is 28.4. The fourth-order valence-electron chi connectivity index (χ4n) is 5.90. The van der Waals surface area contributed by atoms with Crippen LogP contribution in [0.1, 0.15) is 87.0 Å². The van der Waals surface area contributed by atoms with E-state index in [1.807, 2.05) is 6.08 Å². The van der Waals surface area contributed by atoms with Gasteiger partial charge in [0.2, 0.25) is 11.8 Å². The molecule has 1 saturated heterocycles. The van der Waals surface area contributed by atoms with E-state index < -0.39 is 55.6 Å². The first kappa shape index (κ1) is 38.7. The quantitative estimate of drug-likeness (QED) is 0.102. The molecule has 12 heteroatoms. The number of nitrogens with zero attached hydrogens (tertiary/aromatic N) is 2. The maximum absolute atomic E-state index is 14.6. The van der Waals surface area contributed by atoms with Gasteiger partial charge in [-0.25, -0.2) is 9.59 Å². The van der Waals surface area contributed by atoms with Crippen LogP contribution >= 0.6 is 0 Å². The van der Waals surface area contributed by atoms with Crippen LogP contribution in [0.25, 0.3) is 0 Å². The molecule has 3 aliphatic rings. The molecular weight excluding hydrogens is 616 g/mol. The predicted molar refractivity (Wildman–Crippen MR) is 185 cm³/mol. The molecule has 0 bridgehead atoms. The van der Waals surface area contributed by atoms with Gasteiger partial charge in [-0.15, -0.1) is 13.2 Å². The lowest BCUT2D eigenvalue weighted by atomic mass is 10.1. The molecule has 2 saturated carbocycles. The zero-order valence-corrected chi connectivity index (χ0v) is 31.3. The molecule has 47 heavy (non-hydrogen) atoms. The number of hydrogen-bond donors (Lipinski definition) is 2. The molecule has 0 unspecified atom stereocenters. The van der Waals surface area contributed by atoms with Gasteiger partial charge < -0.3 is 29.4 Å². The predicted octanol–water partition coefficient (Wildman–Crippen LogP) is 4.93. The third-order valence-corrected chi connectivity index (χ3v) is 14.3. The standard InChI is InChI=1S/C35H60N4O7Si/c1-12-15-16-19-38(25-17-18-25)23-27(36-32(43)45-33(4,5)6)30(41)39-22-26(46-47(10,11)34(7,8)9)20-28(39)29(40)37-35(21-24(35)13-2)31(42)44-14-3/h12-13,24-28H,1-2,14-23H2,3-11H3,(H,36,43)(H,37,40)/t24-,26-,27+,28+,35-/m1/s1. The lowest BCUT2D eigenvalue weighted by molar-refractivity contribution is -0.150. The van der Waals surface area contributed by atoms with E-state index in [-0.39, 0.29) is 43.0 Å². The fraction of sp³-hybridized carbons (Fsp3) is 0.771. The number of esters is 1. The summed E-state index contributed by atoms with van der Waals surface area (Å²) in [6.07, 6.45) is 6.87. The molecule has 0 radical (unpaired) electrons. The zero-order valence-electron chi connectivity index (χ0n) is 30.3. The Hall–Kier alpha value is -2.70. The molecule has 1 aliphatic heterocycles. The minimum Gasteiger partial charge on any atom is -0.464 e. The molecule has 3 amide bonds. The molecule has 3 fully saturated rings. The van der Waals surface area contributed by atoms with Crippen molar-refractivity contribution in [1.29, 1.82) is 0 Å². The average Bonchev–Trinajstić information content (AvgIpc) is 3.87. The molecule has 0 spiro atoms. The Morgan fingerprint density at radius 2 is 1.77 bits per heavy atom. The van der Waals surface area contributed by atoms with Crippen LogP contribution in [-0.4, -0.2) is 104 Å². The number of unbranched alkanes of at least 4 members (excludes halogenated alkanes) is 1. The average molecular weight is 677 g/mol. The van der Waals surface area contributed by atoms with Crippen molar-refractivity contribution in [2.45, 2.75) is 140 Å². The first-order valence-corrected chi connectivity index (χ1v) is 20.1. The number of alkyl carbamates (subject to hydrolysis) is 1. The maximum atomic E-state index is 14.6. The molecule has 1 heterocycles. The Morgan fingerprint density at radius 3 is 2.28 bits per heavy atom. The van der Waals surface area contributed by atoms with Crippen LogP contribution in [0.3, 0.4) is 0 Å². The molecule has 3 rings (SSSR count). The number of nitrogens with one attached hydrogen (secondary N) is 2. The summed E-state index contributed by atoms with van der Waals surface area (Å²) in [5, 5.41) is 5.71. The number of carbonyl (C=O) groups excluding carboxylic acids is 4. The van der Waals surface area contributed by atoms with Gasteiger partial charge in [0.25, 0.3) is 0 Å². The van der Waals surface area contributed by atoms with Crippen LogP contribution in [0.2, 0.25) is 18.1 Å². The summed E-state index contributed by atoms with van der Waals surface area (Å²) in [6.45, 7) is 26.8. The summed E-state index contributed by atoms with van der Waals surface area (Å²) in [5.41, 5.74) is -1.96. The van der Waals surface area contributed by atoms with E-state index in [1.54, 1.807) is 33.8 Å². The van der Waals surface area contributed by atoms with E-state index in [0.717, 1.165) is 32.2 Å². The van der Waals surface area contributed by atoms with Crippen LogP contribution < -0.4 is 10.6 Å². The lowest BCUT2D eigenvalue weighted by Gasteiger charge is -2.38. The number of hydrogen-bond acceptors (Lipinski definition) is 8. The minimum absolute atomic E-state index is 0.0850. The van der Waals surface area contributed by atoms with Gasteiger partial charge in [-0.3, -0.25) is 14.5 Å². The van der Waals surface area contributed by atoms with Crippen molar-refractivity contribution in [1.82, 2.24) is 20.4 Å². The highest BCUT2D eigenvalue weighted by Crippen LogP contribution is 2.46. The molecule has 0 aromatic carbocycles. The van der Waals surface area contributed by atoms with Crippen molar-refractivity contribution in [3.8, 4) is 0 Å². The van der Waals surface area contributed by atoms with Crippen LogP contribution in [0.4, 0.5) is 4.79 Å². The summed E-state index contributed by atoms with van der Waals surface area (Å²) in [4.78, 5) is 58.6. The third kappa shape index (κ3) is 10.1. The third-order valence-electron chi connectivity index (χ3n) is 9.72. The molecule has 0 aromatic rings. The zero-order chi connectivity index (χ0) is 35.4. The lowest BCUT2D eigenvalue weighted by Crippen LogP contribution is -2.59. The number of ether oxygens (including phenoxy) is 2. The summed E-state index contributed by atoms with van der Waals surface area (Å²) < 4.78 is 17.6. The van der Waals surface area contributed by atoms with Crippen molar-refractivity contribution < 1.29 is 33.1 Å². The van der Waals surface area contributed by atoms with E-state index in [0.29, 0.717) is 12.5 Å². The largest absolute Gasteiger partial charge is 0.464 e. The molecule has 5 atom stereocenters. The second kappa shape index (κ2) is 15.2. The number of amides is 3. The van der Waals surface area contributed by atoms with Crippen molar-refractivity contribution in [2.24, 2.45) is 5.92 Å². The molecular formula is C35H60N4O7Si. The summed E-state index contributed by atoms with van der Waals surface area (Å²) in [6, 6.07) is -1.54. The Bertz CT molecular complexity index is 1180. The maximum Gasteiger partial charge on any atom is 0.408 e. The Morgan fingerprint density at radius 1 is 1.11 bits per heavy atom. The molecule has 2 N–H and O–H groups in total. The van der Waals surface area contributed by atoms with Crippen molar-refractivity contribution >= 4 is 32.2 Å². The van der Waals surface area contributed by atoms with Gasteiger partial charge in [-0.1, -0.05) is 32.9 Å². The van der Waals surface area contributed by atoms with Gasteiger partial charge in [-0.2, -0.15) is 0 Å². The number of likely N-dealkylation sites (tertiary alicyclic amines) is 1. The second-order valence-corrected chi connectivity index (χ2v) is 20.6. The Labute approximate surface area is 283 Å². The summed E-state index contributed by atoms with van der Waals surface area (Å²) >= 11 is 0. The van der Waals surface area contributed by atoms with Gasteiger partial charge >= 0.3 is 12.1 Å². The monoisotopic (exact) mass is 676 g/mol. The van der Waals surface area contributed by atoms with E-state index in [9.17, 15) is 19.2 Å². The van der Waals surface area contributed by atoms with Crippen molar-refractivity contribution in [3.05, 3.63) is 25.3 Å². The first-order chi connectivity index (χ1) is 21.8. The first-order valence-electron chi connectivity index (χ1n) is 17.2. The smallest absolute Gasteiger partial charge is 0.408 e. The molecule has 266 valence electrons. The van der Waals surface area contributed by atoms with Crippen molar-refractivity contribution in [3.63, 3.8) is 0 Å². The second-order valence-electron chi connectivity index (χ2n) is 15.8. The highest BCUT2D eigenvalue weighted by Gasteiger charge is 2.62. The molecule has 2 aliphatic carbocycles. The fourth-order valence-corrected chi connectivity index (χ4v) is 7.26. The van der Waals surface area contributed by atoms with Gasteiger partial charge in [0.15, 0.2) is 8.32 Å². The van der Waals surface area contributed by atoms with E-state index >= 15 is 0 Å². The van der Waals surface area contributed by atoms with E-state index in [1.165, 1.54) is 4.90 Å². The molecule has 11 nitrogen and oxygen atoms in total. The van der Waals surface area contributed by atoms with Gasteiger partial charge in [0.05, 0.1) is 12.7 Å². The summed E-state index contributed by atoms with van der Waals surface area (Å²) in [5.74, 6) is -1.60. The van der Waals surface area contributed by atoms with Crippen LogP contribution in [-0.2, 0) is 28.3 Å². The van der Waals surface area contributed by atoms with Crippen LogP contribution in [0, 0.1) is 5.92 Å². The number of rotatable bonds is 16. The normalized spacial score (nSPS) is 25.1. The topological polar surface area (TPSA) is 127 Å².